The summed E-state index contributed by atoms with van der Waals surface area (Å²) in [5.74, 6) is 1.33. The molecule has 1 aromatic carbocycles. The average molecular weight is 272 g/mol. The largest absolute Gasteiger partial charge is 1.00 e. The van der Waals surface area contributed by atoms with Crippen molar-refractivity contribution < 1.29 is 5.85 Å². The molecule has 0 amide bonds. The van der Waals surface area contributed by atoms with E-state index in [1.807, 2.05) is 25.1 Å². The average Bonchev–Trinajstić information content (AvgIpc) is 2.40. The highest BCUT2D eigenvalue weighted by Crippen LogP contribution is 2.28. The molecule has 2 aromatic rings. The molecule has 0 atom stereocenters. The first-order valence-electron chi connectivity index (χ1n) is 5.90. The van der Waals surface area contributed by atoms with Crippen LogP contribution in [0.1, 0.15) is 12.8 Å². The van der Waals surface area contributed by atoms with Gasteiger partial charge in [-0.2, -0.15) is 0 Å². The van der Waals surface area contributed by atoms with Crippen LogP contribution in [-0.4, -0.2) is 30.2 Å². The summed E-state index contributed by atoms with van der Waals surface area (Å²) >= 11 is 0. The molecule has 5 nitrogen and oxygen atoms in total. The van der Waals surface area contributed by atoms with E-state index >= 15 is 0 Å². The van der Waals surface area contributed by atoms with Crippen LogP contribution in [0, 0.1) is 6.92 Å². The third-order valence-corrected chi connectivity index (χ3v) is 2.89. The molecule has 1 aromatic heterocycles. The van der Waals surface area contributed by atoms with Gasteiger partial charge in [0.05, 0.1) is 6.21 Å². The Bertz CT molecular complexity index is 578. The van der Waals surface area contributed by atoms with Gasteiger partial charge in [0.1, 0.15) is 24.1 Å². The molecule has 6 heteroatoms. The van der Waals surface area contributed by atoms with Gasteiger partial charge in [-0.25, -0.2) is 19.9 Å². The maximum atomic E-state index is 5.82. The third-order valence-electron chi connectivity index (χ3n) is 2.26. The zero-order valence-corrected chi connectivity index (χ0v) is 12.2. The van der Waals surface area contributed by atoms with Gasteiger partial charge >= 0.3 is 1.43 Å². The van der Waals surface area contributed by atoms with Crippen LogP contribution in [0.5, 0.6) is 5.75 Å². The SMILES string of the molecule is Cc1ccc(O[Si](C)C)c(N=Cc2ncncn2)c1.[H+]. The van der Waals surface area contributed by atoms with Crippen molar-refractivity contribution in [1.82, 2.24) is 15.0 Å². The molecular weight excluding hydrogens is 256 g/mol. The number of aliphatic imine (C=N–C) groups is 1. The summed E-state index contributed by atoms with van der Waals surface area (Å²) in [5.41, 5.74) is 1.93. The minimum Gasteiger partial charge on any atom is -0.541 e. The fourth-order valence-electron chi connectivity index (χ4n) is 1.48. The molecule has 0 aliphatic rings. The summed E-state index contributed by atoms with van der Waals surface area (Å²) in [5, 5.41) is 0. The fourth-order valence-corrected chi connectivity index (χ4v) is 2.09. The van der Waals surface area contributed by atoms with Crippen LogP contribution in [0.4, 0.5) is 5.69 Å². The highest BCUT2D eigenvalue weighted by Gasteiger charge is 2.06. The van der Waals surface area contributed by atoms with E-state index in [2.05, 4.69) is 33.0 Å². The second kappa shape index (κ2) is 6.19. The van der Waals surface area contributed by atoms with Gasteiger partial charge in [0.25, 0.3) is 9.04 Å². The molecule has 0 unspecified atom stereocenters. The number of nitrogens with zero attached hydrogens (tertiary/aromatic N) is 4. The molecule has 1 radical (unpaired) electrons. The molecule has 0 fully saturated rings. The predicted molar refractivity (Wildman–Crippen MR) is 77.5 cm³/mol. The zero-order chi connectivity index (χ0) is 13.7. The second-order valence-electron chi connectivity index (χ2n) is 4.24. The molecule has 2 rings (SSSR count). The van der Waals surface area contributed by atoms with Crippen LogP contribution in [0.3, 0.4) is 0 Å². The highest BCUT2D eigenvalue weighted by molar-refractivity contribution is 6.49. The fraction of sp³-hybridized carbons (Fsp3) is 0.231. The van der Waals surface area contributed by atoms with Crippen LogP contribution in [0.25, 0.3) is 0 Å². The Hall–Kier alpha value is -2.08. The Morgan fingerprint density at radius 2 is 2.00 bits per heavy atom. The van der Waals surface area contributed by atoms with E-state index in [4.69, 9.17) is 4.43 Å². The minimum atomic E-state index is -0.819. The molecule has 0 bridgehead atoms. The molecule has 97 valence electrons. The first kappa shape index (κ1) is 13.4. The second-order valence-corrected chi connectivity index (χ2v) is 6.26. The van der Waals surface area contributed by atoms with Gasteiger partial charge in [-0.3, -0.25) is 0 Å². The molecule has 0 aliphatic heterocycles. The summed E-state index contributed by atoms with van der Waals surface area (Å²) < 4.78 is 5.82. The third kappa shape index (κ3) is 3.96. The van der Waals surface area contributed by atoms with Crippen molar-refractivity contribution in [2.45, 2.75) is 20.0 Å². The Morgan fingerprint density at radius 1 is 1.26 bits per heavy atom. The summed E-state index contributed by atoms with van der Waals surface area (Å²) in [6.07, 6.45) is 4.50. The topological polar surface area (TPSA) is 60.3 Å². The lowest BCUT2D eigenvalue weighted by molar-refractivity contribution is 0.582. The van der Waals surface area contributed by atoms with Crippen molar-refractivity contribution in [3.63, 3.8) is 0 Å². The predicted octanol–water partition coefficient (Wildman–Crippen LogP) is 2.67. The van der Waals surface area contributed by atoms with E-state index in [0.717, 1.165) is 17.0 Å². The van der Waals surface area contributed by atoms with E-state index in [0.29, 0.717) is 5.82 Å². The van der Waals surface area contributed by atoms with E-state index in [9.17, 15) is 0 Å². The maximum Gasteiger partial charge on any atom is 1.00 e. The smallest absolute Gasteiger partial charge is 0.541 e. The van der Waals surface area contributed by atoms with Crippen LogP contribution in [0.2, 0.25) is 13.1 Å². The number of hydrogen-bond donors (Lipinski definition) is 0. The molecule has 19 heavy (non-hydrogen) atoms. The van der Waals surface area contributed by atoms with Gasteiger partial charge in [-0.05, 0) is 37.7 Å². The number of hydrogen-bond acceptors (Lipinski definition) is 5. The lowest BCUT2D eigenvalue weighted by atomic mass is 10.2. The maximum absolute atomic E-state index is 5.82. The van der Waals surface area contributed by atoms with Crippen molar-refractivity contribution in [3.05, 3.63) is 42.2 Å². The van der Waals surface area contributed by atoms with Crippen molar-refractivity contribution >= 4 is 20.9 Å². The van der Waals surface area contributed by atoms with Crippen molar-refractivity contribution in [2.24, 2.45) is 4.99 Å². The molecule has 1 heterocycles. The number of aromatic nitrogens is 3. The first-order valence-corrected chi connectivity index (χ1v) is 8.31. The lowest BCUT2D eigenvalue weighted by Gasteiger charge is -2.11. The van der Waals surface area contributed by atoms with Crippen LogP contribution in [-0.2, 0) is 0 Å². The van der Waals surface area contributed by atoms with Gasteiger partial charge in [-0.1, -0.05) is 6.07 Å². The monoisotopic (exact) mass is 272 g/mol. The molecule has 0 saturated heterocycles. The van der Waals surface area contributed by atoms with Gasteiger partial charge in [0.15, 0.2) is 5.82 Å². The van der Waals surface area contributed by atoms with Crippen molar-refractivity contribution in [1.29, 1.82) is 0 Å². The Kier molecular flexibility index (Phi) is 4.35. The number of benzene rings is 1. The molecule has 0 N–H and O–H groups in total. The van der Waals surface area contributed by atoms with Crippen molar-refractivity contribution in [2.75, 3.05) is 0 Å². The van der Waals surface area contributed by atoms with Gasteiger partial charge in [0.2, 0.25) is 0 Å². The van der Waals surface area contributed by atoms with E-state index in [1.165, 1.54) is 12.7 Å². The standard InChI is InChI=1S/C13H15N4OSi/c1-10-4-5-12(18-19(2)3)11(6-10)15-7-13-16-8-14-9-17-13/h4-9H,1-3H3/p+1. The highest BCUT2D eigenvalue weighted by atomic mass is 28.3. The lowest BCUT2D eigenvalue weighted by Crippen LogP contribution is -2.11. The summed E-state index contributed by atoms with van der Waals surface area (Å²) in [6, 6.07) is 5.95. The van der Waals surface area contributed by atoms with Gasteiger partial charge in [0, 0.05) is 0 Å². The Labute approximate surface area is 115 Å². The van der Waals surface area contributed by atoms with Gasteiger partial charge < -0.3 is 4.43 Å². The number of aryl methyl sites for hydroxylation is 1. The van der Waals surface area contributed by atoms with Crippen LogP contribution < -0.4 is 4.43 Å². The minimum absolute atomic E-state index is 0. The zero-order valence-electron chi connectivity index (χ0n) is 12.2. The van der Waals surface area contributed by atoms with Crippen molar-refractivity contribution in [3.8, 4) is 5.75 Å². The summed E-state index contributed by atoms with van der Waals surface area (Å²) in [7, 11) is -0.819. The molecule has 0 aliphatic carbocycles. The van der Waals surface area contributed by atoms with Crippen LogP contribution in [0.15, 0.2) is 35.8 Å². The van der Waals surface area contributed by atoms with Gasteiger partial charge in [-0.15, -0.1) is 0 Å². The first-order chi connectivity index (χ1) is 9.15. The summed E-state index contributed by atoms with van der Waals surface area (Å²) in [6.45, 7) is 6.20. The van der Waals surface area contributed by atoms with E-state index < -0.39 is 9.04 Å². The normalized spacial score (nSPS) is 11.2. The quantitative estimate of drug-likeness (QED) is 0.634. The Balaban J connectivity index is 0.00000200. The molecule has 0 saturated carbocycles. The Morgan fingerprint density at radius 3 is 2.68 bits per heavy atom. The number of rotatable bonds is 4. The van der Waals surface area contributed by atoms with Crippen LogP contribution >= 0.6 is 0 Å². The van der Waals surface area contributed by atoms with E-state index in [1.54, 1.807) is 6.21 Å². The summed E-state index contributed by atoms with van der Waals surface area (Å²) in [4.78, 5) is 16.2. The molecular formula is C13H16N4OSi+. The van der Waals surface area contributed by atoms with E-state index in [-0.39, 0.29) is 1.43 Å². The molecule has 0 spiro atoms.